The molecule has 0 spiro atoms. The molecule has 11 heteroatoms. The van der Waals surface area contributed by atoms with Crippen molar-refractivity contribution in [3.8, 4) is 0 Å². The van der Waals surface area contributed by atoms with E-state index in [1.54, 1.807) is 0 Å². The standard InChI is InChI=1S/C34H33F6NO4/c1-24-7-12-30(23-25(24)2)41(28-13-8-26(9-14-28)5-3-21-44-31(42)17-19-33(35,36)37)29-15-10-27(11-16-29)6-4-22-45-32(43)18-20-34(38,39)40/h7-20,23H,3-6,21-22H2,1-2H3. The second kappa shape index (κ2) is 16.0. The Labute approximate surface area is 257 Å². The molecule has 0 saturated heterocycles. The molecule has 0 atom stereocenters. The average molecular weight is 634 g/mol. The van der Waals surface area contributed by atoms with E-state index < -0.39 is 24.3 Å². The normalized spacial score (nSPS) is 12.1. The minimum absolute atomic E-state index is 0.0125. The lowest BCUT2D eigenvalue weighted by molar-refractivity contribution is -0.139. The first-order chi connectivity index (χ1) is 21.2. The van der Waals surface area contributed by atoms with E-state index in [-0.39, 0.29) is 25.4 Å². The Bertz CT molecular complexity index is 1390. The second-order valence-corrected chi connectivity index (χ2v) is 10.2. The topological polar surface area (TPSA) is 55.8 Å². The van der Waals surface area contributed by atoms with Crippen LogP contribution in [0.2, 0.25) is 0 Å². The van der Waals surface area contributed by atoms with Crippen LogP contribution in [0.5, 0.6) is 0 Å². The molecular formula is C34H33F6NO4. The number of rotatable bonds is 13. The molecule has 0 unspecified atom stereocenters. The molecule has 0 aliphatic rings. The van der Waals surface area contributed by atoms with E-state index in [1.807, 2.05) is 74.5 Å². The van der Waals surface area contributed by atoms with E-state index >= 15 is 0 Å². The first kappa shape index (κ1) is 34.9. The Balaban J connectivity index is 1.64. The van der Waals surface area contributed by atoms with Crippen LogP contribution in [0.3, 0.4) is 0 Å². The molecule has 0 aliphatic heterocycles. The third-order valence-electron chi connectivity index (χ3n) is 6.66. The molecule has 0 aliphatic carbocycles. The van der Waals surface area contributed by atoms with Crippen LogP contribution in [0.25, 0.3) is 0 Å². The summed E-state index contributed by atoms with van der Waals surface area (Å²) in [6.07, 6.45) is -6.73. The van der Waals surface area contributed by atoms with Crippen LogP contribution in [-0.2, 0) is 31.9 Å². The number of hydrogen-bond acceptors (Lipinski definition) is 5. The van der Waals surface area contributed by atoms with Gasteiger partial charge in [-0.15, -0.1) is 0 Å². The molecule has 3 aromatic carbocycles. The van der Waals surface area contributed by atoms with Crippen molar-refractivity contribution in [2.45, 2.75) is 51.9 Å². The maximum atomic E-state index is 12.2. The number of nitrogens with zero attached hydrogens (tertiary/aromatic N) is 1. The number of alkyl halides is 6. The highest BCUT2D eigenvalue weighted by Crippen LogP contribution is 2.35. The summed E-state index contributed by atoms with van der Waals surface area (Å²) >= 11 is 0. The zero-order valence-electron chi connectivity index (χ0n) is 24.8. The number of carbonyl (C=O) groups is 2. The Morgan fingerprint density at radius 3 is 1.40 bits per heavy atom. The Hall–Kier alpha value is -4.54. The minimum Gasteiger partial charge on any atom is -0.463 e. The number of esters is 2. The van der Waals surface area contributed by atoms with Crippen molar-refractivity contribution in [2.24, 2.45) is 0 Å². The summed E-state index contributed by atoms with van der Waals surface area (Å²) in [6, 6.07) is 21.7. The fourth-order valence-electron chi connectivity index (χ4n) is 4.25. The van der Waals surface area contributed by atoms with Crippen molar-refractivity contribution in [2.75, 3.05) is 18.1 Å². The highest BCUT2D eigenvalue weighted by molar-refractivity contribution is 5.82. The lowest BCUT2D eigenvalue weighted by Crippen LogP contribution is -2.11. The number of carbonyl (C=O) groups excluding carboxylic acids is 2. The smallest absolute Gasteiger partial charge is 0.410 e. The van der Waals surface area contributed by atoms with Crippen LogP contribution < -0.4 is 4.90 Å². The number of aryl methyl sites for hydroxylation is 4. The van der Waals surface area contributed by atoms with Gasteiger partial charge in [0.15, 0.2) is 0 Å². The van der Waals surface area contributed by atoms with Gasteiger partial charge in [0.2, 0.25) is 0 Å². The molecule has 240 valence electrons. The summed E-state index contributed by atoms with van der Waals surface area (Å²) in [5, 5.41) is 0. The largest absolute Gasteiger partial charge is 0.463 e. The van der Waals surface area contributed by atoms with Crippen molar-refractivity contribution < 1.29 is 45.4 Å². The van der Waals surface area contributed by atoms with Crippen molar-refractivity contribution >= 4 is 29.0 Å². The van der Waals surface area contributed by atoms with Gasteiger partial charge in [0.1, 0.15) is 0 Å². The van der Waals surface area contributed by atoms with Gasteiger partial charge in [0.05, 0.1) is 13.2 Å². The summed E-state index contributed by atoms with van der Waals surface area (Å²) in [6.45, 7) is 4.03. The Morgan fingerprint density at radius 1 is 0.622 bits per heavy atom. The highest BCUT2D eigenvalue weighted by atomic mass is 19.4. The van der Waals surface area contributed by atoms with E-state index in [0.717, 1.165) is 39.3 Å². The third-order valence-corrected chi connectivity index (χ3v) is 6.66. The molecule has 45 heavy (non-hydrogen) atoms. The van der Waals surface area contributed by atoms with E-state index in [0.29, 0.717) is 37.8 Å². The van der Waals surface area contributed by atoms with Gasteiger partial charge in [-0.1, -0.05) is 30.3 Å². The van der Waals surface area contributed by atoms with Crippen LogP contribution in [0, 0.1) is 13.8 Å². The van der Waals surface area contributed by atoms with Crippen molar-refractivity contribution in [1.82, 2.24) is 0 Å². The predicted molar refractivity (Wildman–Crippen MR) is 160 cm³/mol. The van der Waals surface area contributed by atoms with Crippen LogP contribution >= 0.6 is 0 Å². The number of ether oxygens (including phenoxy) is 2. The molecule has 0 fully saturated rings. The van der Waals surface area contributed by atoms with Crippen molar-refractivity contribution in [1.29, 1.82) is 0 Å². The Morgan fingerprint density at radius 2 is 1.02 bits per heavy atom. The first-order valence-corrected chi connectivity index (χ1v) is 14.1. The molecule has 0 N–H and O–H groups in total. The van der Waals surface area contributed by atoms with Crippen LogP contribution in [-0.4, -0.2) is 37.5 Å². The zero-order chi connectivity index (χ0) is 33.0. The van der Waals surface area contributed by atoms with Gasteiger partial charge in [-0.25, -0.2) is 9.59 Å². The Kier molecular flexibility index (Phi) is 12.4. The summed E-state index contributed by atoms with van der Waals surface area (Å²) in [4.78, 5) is 24.9. The van der Waals surface area contributed by atoms with Gasteiger partial charge >= 0.3 is 24.3 Å². The molecule has 5 nitrogen and oxygen atoms in total. The number of hydrogen-bond donors (Lipinski definition) is 0. The van der Waals surface area contributed by atoms with Gasteiger partial charge < -0.3 is 14.4 Å². The molecule has 3 aromatic rings. The quantitative estimate of drug-likeness (QED) is 0.0814. The number of allylic oxidation sites excluding steroid dienone is 2. The maximum Gasteiger partial charge on any atom is 0.410 e. The minimum atomic E-state index is -4.57. The monoisotopic (exact) mass is 633 g/mol. The van der Waals surface area contributed by atoms with Gasteiger partial charge in [0.25, 0.3) is 0 Å². The van der Waals surface area contributed by atoms with Gasteiger partial charge in [-0.05, 0) is 98.2 Å². The maximum absolute atomic E-state index is 12.2. The molecule has 3 rings (SSSR count). The van der Waals surface area contributed by atoms with Crippen LogP contribution in [0.4, 0.5) is 43.4 Å². The van der Waals surface area contributed by atoms with Gasteiger partial charge in [-0.3, -0.25) is 0 Å². The van der Waals surface area contributed by atoms with Gasteiger partial charge in [0, 0.05) is 41.4 Å². The first-order valence-electron chi connectivity index (χ1n) is 14.1. The zero-order valence-corrected chi connectivity index (χ0v) is 24.8. The van der Waals surface area contributed by atoms with Crippen LogP contribution in [0.1, 0.15) is 35.1 Å². The van der Waals surface area contributed by atoms with Crippen molar-refractivity contribution in [3.05, 3.63) is 113 Å². The molecular weight excluding hydrogens is 600 g/mol. The summed E-state index contributed by atoms with van der Waals surface area (Å²) in [5.41, 5.74) is 6.90. The molecule has 0 saturated carbocycles. The van der Waals surface area contributed by atoms with E-state index in [2.05, 4.69) is 11.0 Å². The SMILES string of the molecule is Cc1ccc(N(c2ccc(CCCOC(=O)C=CC(F)(F)F)cc2)c2ccc(CCCOC(=O)C=CC(F)(F)F)cc2)cc1C. The summed E-state index contributed by atoms with van der Waals surface area (Å²) in [5.74, 6) is -2.09. The fraction of sp³-hybridized carbons (Fsp3) is 0.294. The average Bonchev–Trinajstić information content (AvgIpc) is 2.98. The third kappa shape index (κ3) is 12.5. The molecule has 0 bridgehead atoms. The van der Waals surface area contributed by atoms with E-state index in [4.69, 9.17) is 9.47 Å². The van der Waals surface area contributed by atoms with E-state index in [9.17, 15) is 35.9 Å². The summed E-state index contributed by atoms with van der Waals surface area (Å²) < 4.78 is 82.7. The second-order valence-electron chi connectivity index (χ2n) is 10.2. The van der Waals surface area contributed by atoms with Crippen molar-refractivity contribution in [3.63, 3.8) is 0 Å². The fourth-order valence-corrected chi connectivity index (χ4v) is 4.25. The molecule has 0 aromatic heterocycles. The molecule has 0 radical (unpaired) electrons. The van der Waals surface area contributed by atoms with E-state index in [1.165, 1.54) is 0 Å². The molecule has 0 amide bonds. The van der Waals surface area contributed by atoms with Gasteiger partial charge in [-0.2, -0.15) is 26.3 Å². The van der Waals surface area contributed by atoms with Crippen LogP contribution in [0.15, 0.2) is 91.0 Å². The number of halogens is 6. The lowest BCUT2D eigenvalue weighted by Gasteiger charge is -2.26. The number of anilines is 3. The predicted octanol–water partition coefficient (Wildman–Crippen LogP) is 8.96. The number of benzene rings is 3. The highest BCUT2D eigenvalue weighted by Gasteiger charge is 2.23. The lowest BCUT2D eigenvalue weighted by atomic mass is 10.1. The molecule has 0 heterocycles. The summed E-state index contributed by atoms with van der Waals surface area (Å²) in [7, 11) is 0.